The lowest BCUT2D eigenvalue weighted by molar-refractivity contribution is -0.126. The fraction of sp³-hybridized carbons (Fsp3) is 0.619. The summed E-state index contributed by atoms with van der Waals surface area (Å²) in [6, 6.07) is 6.14. The number of hydrogen-bond acceptors (Lipinski definition) is 5. The van der Waals surface area contributed by atoms with Crippen LogP contribution >= 0.6 is 0 Å². The van der Waals surface area contributed by atoms with Crippen LogP contribution in [0, 0.1) is 5.92 Å². The van der Waals surface area contributed by atoms with Gasteiger partial charge in [-0.15, -0.1) is 0 Å². The van der Waals surface area contributed by atoms with Gasteiger partial charge in [0.25, 0.3) is 0 Å². The molecule has 1 aromatic rings. The van der Waals surface area contributed by atoms with Crippen molar-refractivity contribution in [2.75, 3.05) is 38.8 Å². The second kappa shape index (κ2) is 9.78. The summed E-state index contributed by atoms with van der Waals surface area (Å²) in [6.07, 6.45) is 0.199. The molecule has 1 heterocycles. The summed E-state index contributed by atoms with van der Waals surface area (Å²) >= 11 is 0. The zero-order valence-electron chi connectivity index (χ0n) is 17.8. The molecule has 1 aliphatic heterocycles. The van der Waals surface area contributed by atoms with Crippen molar-refractivity contribution >= 4 is 17.5 Å². The quantitative estimate of drug-likeness (QED) is 0.699. The minimum Gasteiger partial charge on any atom is -0.497 e. The highest BCUT2D eigenvalue weighted by atomic mass is 16.5. The van der Waals surface area contributed by atoms with Crippen LogP contribution in [0.3, 0.4) is 0 Å². The third kappa shape index (κ3) is 5.16. The Morgan fingerprint density at radius 2 is 1.89 bits per heavy atom. The number of amides is 2. The van der Waals surface area contributed by atoms with Gasteiger partial charge in [-0.3, -0.25) is 14.5 Å². The van der Waals surface area contributed by atoms with Gasteiger partial charge in [0, 0.05) is 44.2 Å². The average Bonchev–Trinajstić information content (AvgIpc) is 3.05. The number of nitrogens with one attached hydrogen (secondary N) is 1. The normalized spacial score (nSPS) is 17.0. The monoisotopic (exact) mass is 391 g/mol. The van der Waals surface area contributed by atoms with Gasteiger partial charge in [-0.25, -0.2) is 0 Å². The van der Waals surface area contributed by atoms with Crippen molar-refractivity contribution in [1.29, 1.82) is 0 Å². The fourth-order valence-electron chi connectivity index (χ4n) is 3.69. The number of ether oxygens (including phenoxy) is 2. The predicted octanol–water partition coefficient (Wildman–Crippen LogP) is 2.29. The van der Waals surface area contributed by atoms with Crippen molar-refractivity contribution in [3.63, 3.8) is 0 Å². The van der Waals surface area contributed by atoms with Gasteiger partial charge in [-0.05, 0) is 39.8 Å². The molecule has 1 atom stereocenters. The number of carbonyl (C=O) groups is 2. The first kappa shape index (κ1) is 22.0. The largest absolute Gasteiger partial charge is 0.497 e. The summed E-state index contributed by atoms with van der Waals surface area (Å²) < 4.78 is 10.6. The van der Waals surface area contributed by atoms with Gasteiger partial charge < -0.3 is 19.7 Å². The van der Waals surface area contributed by atoms with Crippen LogP contribution in [0.25, 0.3) is 0 Å². The van der Waals surface area contributed by atoms with E-state index in [9.17, 15) is 9.59 Å². The first-order chi connectivity index (χ1) is 13.3. The van der Waals surface area contributed by atoms with Crippen LogP contribution in [0.4, 0.5) is 5.69 Å². The van der Waals surface area contributed by atoms with Crippen LogP contribution in [0.15, 0.2) is 18.2 Å². The van der Waals surface area contributed by atoms with E-state index >= 15 is 0 Å². The van der Waals surface area contributed by atoms with Crippen LogP contribution in [0.1, 0.15) is 34.1 Å². The molecule has 0 bridgehead atoms. The molecule has 1 unspecified atom stereocenters. The number of rotatable bonds is 9. The second-order valence-electron chi connectivity index (χ2n) is 7.66. The maximum atomic E-state index is 12.6. The highest BCUT2D eigenvalue weighted by molar-refractivity contribution is 6.01. The second-order valence-corrected chi connectivity index (χ2v) is 7.66. The van der Waals surface area contributed by atoms with E-state index in [1.165, 1.54) is 0 Å². The minimum absolute atomic E-state index is 0.0785. The molecule has 0 spiro atoms. The summed E-state index contributed by atoms with van der Waals surface area (Å²) in [5, 5.41) is 2.99. The third-order valence-corrected chi connectivity index (χ3v) is 5.17. The summed E-state index contributed by atoms with van der Waals surface area (Å²) in [6.45, 7) is 10.3. The first-order valence-corrected chi connectivity index (χ1v) is 9.84. The molecule has 0 aromatic heterocycles. The number of benzene rings is 1. The summed E-state index contributed by atoms with van der Waals surface area (Å²) in [7, 11) is 3.14. The molecule has 1 fully saturated rings. The van der Waals surface area contributed by atoms with E-state index in [0.717, 1.165) is 6.54 Å². The summed E-state index contributed by atoms with van der Waals surface area (Å²) in [4.78, 5) is 29.1. The lowest BCUT2D eigenvalue weighted by atomic mass is 10.1. The predicted molar refractivity (Wildman–Crippen MR) is 110 cm³/mol. The molecule has 0 aliphatic carbocycles. The lowest BCUT2D eigenvalue weighted by Crippen LogP contribution is -2.43. The standard InChI is InChI=1S/C21H33N3O4/c1-14(2)23(15(3)4)10-9-22-21(26)16-11-20(25)24(13-16)18-12-17(27-5)7-8-19(18)28-6/h7-8,12,14-16H,9-11,13H2,1-6H3,(H,22,26). The molecular weight excluding hydrogens is 358 g/mol. The van der Waals surface area contributed by atoms with E-state index < -0.39 is 0 Å². The van der Waals surface area contributed by atoms with Crippen molar-refractivity contribution in [2.45, 2.75) is 46.2 Å². The number of carbonyl (C=O) groups excluding carboxylic acids is 2. The zero-order valence-corrected chi connectivity index (χ0v) is 17.8. The smallest absolute Gasteiger partial charge is 0.227 e. The van der Waals surface area contributed by atoms with E-state index in [2.05, 4.69) is 37.9 Å². The maximum Gasteiger partial charge on any atom is 0.227 e. The summed E-state index contributed by atoms with van der Waals surface area (Å²) in [5.74, 6) is 0.691. The van der Waals surface area contributed by atoms with Crippen molar-refractivity contribution in [1.82, 2.24) is 10.2 Å². The van der Waals surface area contributed by atoms with E-state index in [0.29, 0.717) is 42.4 Å². The van der Waals surface area contributed by atoms with Gasteiger partial charge in [0.05, 0.1) is 25.8 Å². The Labute approximate surface area is 168 Å². The van der Waals surface area contributed by atoms with Gasteiger partial charge in [0.1, 0.15) is 11.5 Å². The van der Waals surface area contributed by atoms with Crippen LogP contribution in [0.2, 0.25) is 0 Å². The Morgan fingerprint density at radius 3 is 2.46 bits per heavy atom. The molecular formula is C21H33N3O4. The van der Waals surface area contributed by atoms with Crippen molar-refractivity contribution in [2.24, 2.45) is 5.92 Å². The lowest BCUT2D eigenvalue weighted by Gasteiger charge is -2.30. The zero-order chi connectivity index (χ0) is 20.8. The molecule has 1 aliphatic rings. The Hall–Kier alpha value is -2.28. The van der Waals surface area contributed by atoms with Crippen LogP contribution in [0.5, 0.6) is 11.5 Å². The van der Waals surface area contributed by atoms with Crippen molar-refractivity contribution in [3.05, 3.63) is 18.2 Å². The topological polar surface area (TPSA) is 71.1 Å². The fourth-order valence-corrected chi connectivity index (χ4v) is 3.69. The van der Waals surface area contributed by atoms with Crippen molar-refractivity contribution in [3.8, 4) is 11.5 Å². The molecule has 7 heteroatoms. The van der Waals surface area contributed by atoms with Gasteiger partial charge in [0.2, 0.25) is 11.8 Å². The Bertz CT molecular complexity index is 682. The molecule has 2 rings (SSSR count). The third-order valence-electron chi connectivity index (χ3n) is 5.17. The molecule has 1 saturated heterocycles. The highest BCUT2D eigenvalue weighted by Crippen LogP contribution is 2.36. The Balaban J connectivity index is 2.00. The molecule has 0 radical (unpaired) electrons. The van der Waals surface area contributed by atoms with Crippen LogP contribution in [-0.4, -0.2) is 62.7 Å². The van der Waals surface area contributed by atoms with Crippen molar-refractivity contribution < 1.29 is 19.1 Å². The van der Waals surface area contributed by atoms with E-state index in [1.807, 2.05) is 0 Å². The van der Waals surface area contributed by atoms with E-state index in [4.69, 9.17) is 9.47 Å². The summed E-state index contributed by atoms with van der Waals surface area (Å²) in [5.41, 5.74) is 0.632. The molecule has 1 aromatic carbocycles. The van der Waals surface area contributed by atoms with Gasteiger partial charge in [-0.2, -0.15) is 0 Å². The Morgan fingerprint density at radius 1 is 1.21 bits per heavy atom. The minimum atomic E-state index is -0.366. The molecule has 7 nitrogen and oxygen atoms in total. The SMILES string of the molecule is COc1ccc(OC)c(N2CC(C(=O)NCCN(C(C)C)C(C)C)CC2=O)c1. The van der Waals surface area contributed by atoms with Gasteiger partial charge in [0.15, 0.2) is 0 Å². The molecule has 156 valence electrons. The van der Waals surface area contributed by atoms with Gasteiger partial charge in [-0.1, -0.05) is 0 Å². The number of hydrogen-bond donors (Lipinski definition) is 1. The molecule has 2 amide bonds. The molecule has 28 heavy (non-hydrogen) atoms. The Kier molecular flexibility index (Phi) is 7.69. The highest BCUT2D eigenvalue weighted by Gasteiger charge is 2.36. The van der Waals surface area contributed by atoms with E-state index in [-0.39, 0.29) is 24.2 Å². The molecule has 1 N–H and O–H groups in total. The van der Waals surface area contributed by atoms with E-state index in [1.54, 1.807) is 37.3 Å². The number of anilines is 1. The number of methoxy groups -OCH3 is 2. The van der Waals surface area contributed by atoms with Crippen LogP contribution in [-0.2, 0) is 9.59 Å². The van der Waals surface area contributed by atoms with Crippen LogP contribution < -0.4 is 19.7 Å². The first-order valence-electron chi connectivity index (χ1n) is 9.84. The number of nitrogens with zero attached hydrogens (tertiary/aromatic N) is 2. The molecule has 0 saturated carbocycles. The van der Waals surface area contributed by atoms with Gasteiger partial charge >= 0.3 is 0 Å². The average molecular weight is 392 g/mol. The maximum absolute atomic E-state index is 12.6.